The summed E-state index contributed by atoms with van der Waals surface area (Å²) in [6, 6.07) is 6.00. The zero-order chi connectivity index (χ0) is 12.0. The predicted octanol–water partition coefficient (Wildman–Crippen LogP) is 1.20. The highest BCUT2D eigenvalue weighted by atomic mass is 16.5. The van der Waals surface area contributed by atoms with Crippen LogP contribution in [0.4, 0.5) is 0 Å². The van der Waals surface area contributed by atoms with E-state index in [0.29, 0.717) is 6.54 Å². The quantitative estimate of drug-likeness (QED) is 0.780. The molecule has 0 spiro atoms. The number of methoxy groups -OCH3 is 2. The van der Waals surface area contributed by atoms with Crippen molar-refractivity contribution >= 4 is 5.97 Å². The van der Waals surface area contributed by atoms with E-state index in [1.165, 1.54) is 18.2 Å². The third kappa shape index (κ3) is 1.30. The molecule has 1 aliphatic carbocycles. The number of esters is 1. The molecule has 0 amide bonds. The lowest BCUT2D eigenvalue weighted by Crippen LogP contribution is -2.43. The number of carbonyl (C=O) groups excluding carboxylic acids is 1. The SMILES string of the molecule is COC(=O)[C@@]12C[C@H]1c1c(cccc1OC)CN2. The molecule has 0 bridgehead atoms. The Hall–Kier alpha value is -1.55. The highest BCUT2D eigenvalue weighted by molar-refractivity contribution is 5.88. The number of hydrogen-bond acceptors (Lipinski definition) is 4. The van der Waals surface area contributed by atoms with Crippen LogP contribution in [0.2, 0.25) is 0 Å². The van der Waals surface area contributed by atoms with E-state index in [0.717, 1.165) is 12.2 Å². The van der Waals surface area contributed by atoms with Gasteiger partial charge in [-0.3, -0.25) is 10.1 Å². The molecular weight excluding hydrogens is 218 g/mol. The molecular formula is C13H15NO3. The third-order valence-corrected chi connectivity index (χ3v) is 3.83. The molecule has 0 aromatic heterocycles. The van der Waals surface area contributed by atoms with Crippen LogP contribution in [0.25, 0.3) is 0 Å². The van der Waals surface area contributed by atoms with E-state index in [1.54, 1.807) is 7.11 Å². The summed E-state index contributed by atoms with van der Waals surface area (Å²) in [7, 11) is 3.10. The fourth-order valence-corrected chi connectivity index (χ4v) is 2.86. The van der Waals surface area contributed by atoms with E-state index in [4.69, 9.17) is 9.47 Å². The molecule has 1 aliphatic heterocycles. The van der Waals surface area contributed by atoms with Crippen molar-refractivity contribution in [3.05, 3.63) is 29.3 Å². The maximum absolute atomic E-state index is 11.8. The van der Waals surface area contributed by atoms with Gasteiger partial charge in [0.15, 0.2) is 0 Å². The van der Waals surface area contributed by atoms with Crippen LogP contribution < -0.4 is 10.1 Å². The van der Waals surface area contributed by atoms with Gasteiger partial charge in [-0.2, -0.15) is 0 Å². The van der Waals surface area contributed by atoms with Gasteiger partial charge in [0.05, 0.1) is 14.2 Å². The molecule has 4 nitrogen and oxygen atoms in total. The number of benzene rings is 1. The first-order chi connectivity index (χ1) is 8.23. The summed E-state index contributed by atoms with van der Waals surface area (Å²) in [6.45, 7) is 0.693. The van der Waals surface area contributed by atoms with E-state index in [-0.39, 0.29) is 11.9 Å². The summed E-state index contributed by atoms with van der Waals surface area (Å²) in [4.78, 5) is 11.8. The second kappa shape index (κ2) is 3.47. The van der Waals surface area contributed by atoms with Gasteiger partial charge in [-0.25, -0.2) is 0 Å². The highest BCUT2D eigenvalue weighted by Gasteiger charge is 2.64. The van der Waals surface area contributed by atoms with E-state index in [1.807, 2.05) is 12.1 Å². The van der Waals surface area contributed by atoms with Crippen LogP contribution in [0, 0.1) is 0 Å². The molecule has 2 atom stereocenters. The first-order valence-corrected chi connectivity index (χ1v) is 5.72. The zero-order valence-corrected chi connectivity index (χ0v) is 9.95. The van der Waals surface area contributed by atoms with Crippen molar-refractivity contribution in [2.45, 2.75) is 24.4 Å². The molecule has 1 N–H and O–H groups in total. The van der Waals surface area contributed by atoms with Gasteiger partial charge in [0.25, 0.3) is 0 Å². The standard InChI is InChI=1S/C13H15NO3/c1-16-10-5-3-4-8-7-14-13(12(15)17-2)6-9(13)11(8)10/h3-5,9,14H,6-7H2,1-2H3/t9-,13+/m0/s1. The Morgan fingerprint density at radius 1 is 1.47 bits per heavy atom. The molecule has 4 heteroatoms. The van der Waals surface area contributed by atoms with Gasteiger partial charge in [-0.1, -0.05) is 12.1 Å². The Morgan fingerprint density at radius 3 is 3.00 bits per heavy atom. The smallest absolute Gasteiger partial charge is 0.326 e. The maximum Gasteiger partial charge on any atom is 0.326 e. The Bertz CT molecular complexity index is 471. The summed E-state index contributed by atoms with van der Waals surface area (Å²) in [6.07, 6.45) is 0.799. The number of rotatable bonds is 2. The number of nitrogens with one attached hydrogen (secondary N) is 1. The topological polar surface area (TPSA) is 47.6 Å². The largest absolute Gasteiger partial charge is 0.496 e. The first-order valence-electron chi connectivity index (χ1n) is 5.72. The van der Waals surface area contributed by atoms with Crippen molar-refractivity contribution in [2.24, 2.45) is 0 Å². The lowest BCUT2D eigenvalue weighted by molar-refractivity contribution is -0.144. The molecule has 1 aromatic rings. The third-order valence-electron chi connectivity index (χ3n) is 3.83. The predicted molar refractivity (Wildman–Crippen MR) is 61.9 cm³/mol. The molecule has 17 heavy (non-hydrogen) atoms. The Kier molecular flexibility index (Phi) is 2.16. The van der Waals surface area contributed by atoms with Crippen molar-refractivity contribution in [1.82, 2.24) is 5.32 Å². The minimum absolute atomic E-state index is 0.168. The van der Waals surface area contributed by atoms with E-state index >= 15 is 0 Å². The number of fused-ring (bicyclic) bond motifs is 3. The summed E-state index contributed by atoms with van der Waals surface area (Å²) in [5.74, 6) is 0.897. The molecule has 90 valence electrons. The molecule has 0 radical (unpaired) electrons. The second-order valence-electron chi connectivity index (χ2n) is 4.61. The van der Waals surface area contributed by atoms with Gasteiger partial charge in [-0.15, -0.1) is 0 Å². The molecule has 0 saturated heterocycles. The van der Waals surface area contributed by atoms with Crippen molar-refractivity contribution in [1.29, 1.82) is 0 Å². The Balaban J connectivity index is 2.03. The van der Waals surface area contributed by atoms with Gasteiger partial charge in [0, 0.05) is 18.0 Å². The Morgan fingerprint density at radius 2 is 2.29 bits per heavy atom. The number of carbonyl (C=O) groups is 1. The maximum atomic E-state index is 11.8. The van der Waals surface area contributed by atoms with Crippen molar-refractivity contribution < 1.29 is 14.3 Å². The summed E-state index contributed by atoms with van der Waals surface area (Å²) in [5, 5.41) is 3.30. The highest BCUT2D eigenvalue weighted by Crippen LogP contribution is 2.57. The monoisotopic (exact) mass is 233 g/mol. The van der Waals surface area contributed by atoms with Gasteiger partial charge >= 0.3 is 5.97 Å². The molecule has 1 heterocycles. The Labute approximate surface area is 99.9 Å². The van der Waals surface area contributed by atoms with E-state index in [2.05, 4.69) is 11.4 Å². The summed E-state index contributed by atoms with van der Waals surface area (Å²) < 4.78 is 10.3. The second-order valence-corrected chi connectivity index (χ2v) is 4.61. The molecule has 3 rings (SSSR count). The molecule has 2 aliphatic rings. The van der Waals surface area contributed by atoms with Crippen molar-refractivity contribution in [2.75, 3.05) is 14.2 Å². The van der Waals surface area contributed by atoms with Gasteiger partial charge in [-0.05, 0) is 18.1 Å². The van der Waals surface area contributed by atoms with Crippen LogP contribution in [0.3, 0.4) is 0 Å². The molecule has 1 aromatic carbocycles. The molecule has 1 saturated carbocycles. The average Bonchev–Trinajstić information content (AvgIpc) is 3.13. The van der Waals surface area contributed by atoms with Crippen LogP contribution >= 0.6 is 0 Å². The van der Waals surface area contributed by atoms with Crippen molar-refractivity contribution in [3.63, 3.8) is 0 Å². The van der Waals surface area contributed by atoms with Crippen LogP contribution in [0.5, 0.6) is 5.75 Å². The molecule has 0 unspecified atom stereocenters. The van der Waals surface area contributed by atoms with E-state index in [9.17, 15) is 4.79 Å². The summed E-state index contributed by atoms with van der Waals surface area (Å²) in [5.41, 5.74) is 1.88. The lowest BCUT2D eigenvalue weighted by atomic mass is 9.95. The average molecular weight is 233 g/mol. The fraction of sp³-hybridized carbons (Fsp3) is 0.462. The zero-order valence-electron chi connectivity index (χ0n) is 9.95. The van der Waals surface area contributed by atoms with Gasteiger partial charge in [0.1, 0.15) is 11.3 Å². The fourth-order valence-electron chi connectivity index (χ4n) is 2.86. The summed E-state index contributed by atoms with van der Waals surface area (Å²) >= 11 is 0. The normalized spacial score (nSPS) is 28.9. The minimum Gasteiger partial charge on any atom is -0.496 e. The van der Waals surface area contributed by atoms with Crippen LogP contribution in [0.1, 0.15) is 23.5 Å². The number of ether oxygens (including phenoxy) is 2. The lowest BCUT2D eigenvalue weighted by Gasteiger charge is -2.25. The van der Waals surface area contributed by atoms with Gasteiger partial charge in [0.2, 0.25) is 0 Å². The van der Waals surface area contributed by atoms with Crippen LogP contribution in [-0.4, -0.2) is 25.7 Å². The van der Waals surface area contributed by atoms with Crippen LogP contribution in [-0.2, 0) is 16.1 Å². The van der Waals surface area contributed by atoms with Gasteiger partial charge < -0.3 is 9.47 Å². The first kappa shape index (κ1) is 10.6. The molecule has 1 fully saturated rings. The van der Waals surface area contributed by atoms with Crippen molar-refractivity contribution in [3.8, 4) is 5.75 Å². The number of hydrogen-bond donors (Lipinski definition) is 1. The van der Waals surface area contributed by atoms with E-state index < -0.39 is 5.54 Å². The minimum atomic E-state index is -0.504. The van der Waals surface area contributed by atoms with Crippen LogP contribution in [0.15, 0.2) is 18.2 Å².